The van der Waals surface area contributed by atoms with Crippen molar-refractivity contribution in [3.05, 3.63) is 71.5 Å². The van der Waals surface area contributed by atoms with E-state index < -0.39 is 97.2 Å². The van der Waals surface area contributed by atoms with E-state index in [1.54, 1.807) is 64.4 Å². The number of cyclic esters (lactones) is 1. The van der Waals surface area contributed by atoms with E-state index in [4.69, 9.17) is 9.47 Å². The Morgan fingerprint density at radius 1 is 1.08 bits per heavy atom. The van der Waals surface area contributed by atoms with Gasteiger partial charge in [-0.25, -0.2) is 13.8 Å². The number of aromatic nitrogens is 2. The molecule has 4 aliphatic rings. The van der Waals surface area contributed by atoms with Gasteiger partial charge in [-0.15, -0.1) is 0 Å². The minimum Gasteiger partial charge on any atom is -0.597 e. The number of nitrogens with zero attached hydrogens (tertiary/aromatic N) is 6. The molecule has 18 nitrogen and oxygen atoms in total. The van der Waals surface area contributed by atoms with E-state index in [0.29, 0.717) is 43.5 Å². The van der Waals surface area contributed by atoms with Crippen molar-refractivity contribution in [3.8, 4) is 28.1 Å². The number of carbonyl (C=O) groups is 4. The third kappa shape index (κ3) is 11.4. The number of amides is 3. The normalized spacial score (nSPS) is 23.3. The first-order valence-corrected chi connectivity index (χ1v) is 28.3. The smallest absolute Gasteiger partial charge is 0.324 e. The molecule has 8 rings (SSSR count). The standard InChI is InChI=1S/C54H74N8O10S2/c1-12-60-44-18-17-35-26-39(44)40(48(60)41-28-55-20-19-36(41)30-71-11)27-54(7,8)31-72-52(67)42-14-13-21-61(57-42)50(66)43(24-33-22-37(35)25-38(63)23-33)56-49(65)46(32(2)3)59(10)45(64)29-58(9)74(69,70)51-47(34-15-16-34)62(51)73(68)53(4,5)6/h17-20,22-23,25-26,28,32,34,42-43,46-47,51,57,63H,12-16,21,24,27,29-31H2,1-11H3,(H,56,65)/t42-,43-,46-,47-,51+,62?,73-/m0/s1. The molecule has 0 spiro atoms. The van der Waals surface area contributed by atoms with E-state index in [2.05, 4.69) is 53.2 Å². The molecule has 3 N–H and O–H groups in total. The van der Waals surface area contributed by atoms with E-state index in [-0.39, 0.29) is 31.2 Å². The highest BCUT2D eigenvalue weighted by Crippen LogP contribution is 2.52. The molecule has 3 aliphatic heterocycles. The average Bonchev–Trinajstić information content (AvgIpc) is 4.28. The van der Waals surface area contributed by atoms with Crippen molar-refractivity contribution in [3.63, 3.8) is 0 Å². The van der Waals surface area contributed by atoms with Gasteiger partial charge in [0.05, 0.1) is 31.5 Å². The molecule has 6 bridgehead atoms. The van der Waals surface area contributed by atoms with Gasteiger partial charge < -0.3 is 33.9 Å². The molecule has 4 aromatic rings. The predicted octanol–water partition coefficient (Wildman–Crippen LogP) is 5.52. The Bertz CT molecular complexity index is 2900. The molecule has 2 saturated heterocycles. The summed E-state index contributed by atoms with van der Waals surface area (Å²) in [6, 6.07) is 9.54. The van der Waals surface area contributed by atoms with Crippen LogP contribution in [0.2, 0.25) is 0 Å². The number of ether oxygens (including phenoxy) is 2. The number of hydrogen-bond acceptors (Lipinski definition) is 13. The number of aryl methyl sites for hydroxylation is 1. The Hall–Kier alpha value is -5.09. The van der Waals surface area contributed by atoms with Crippen LogP contribution in [0.3, 0.4) is 0 Å². The van der Waals surface area contributed by atoms with Gasteiger partial charge in [-0.05, 0) is 130 Å². The summed E-state index contributed by atoms with van der Waals surface area (Å²) in [4.78, 5) is 63.4. The number of aromatic hydroxyl groups is 1. The fourth-order valence-corrected chi connectivity index (χ4v) is 14.5. The lowest BCUT2D eigenvalue weighted by atomic mass is 9.84. The molecule has 3 amide bonds. The third-order valence-corrected chi connectivity index (χ3v) is 18.8. The maximum Gasteiger partial charge on any atom is 0.324 e. The summed E-state index contributed by atoms with van der Waals surface area (Å²) in [5, 5.41) is 15.6. The first-order valence-electron chi connectivity index (χ1n) is 25.7. The lowest BCUT2D eigenvalue weighted by molar-refractivity contribution is -0.155. The lowest BCUT2D eigenvalue weighted by Crippen LogP contribution is -2.62. The van der Waals surface area contributed by atoms with Gasteiger partial charge in [0.25, 0.3) is 5.91 Å². The van der Waals surface area contributed by atoms with Crippen LogP contribution < -0.4 is 10.7 Å². The van der Waals surface area contributed by atoms with Crippen LogP contribution in [-0.2, 0) is 76.0 Å². The number of phenols is 1. The summed E-state index contributed by atoms with van der Waals surface area (Å²) in [5.41, 5.74) is 9.43. The van der Waals surface area contributed by atoms with Crippen LogP contribution in [0.5, 0.6) is 5.75 Å². The molecule has 2 aromatic heterocycles. The highest BCUT2D eigenvalue weighted by Gasteiger charge is 2.70. The van der Waals surface area contributed by atoms with Gasteiger partial charge in [0.2, 0.25) is 21.8 Å². The number of carbonyl (C=O) groups excluding carboxylic acids is 4. The van der Waals surface area contributed by atoms with Crippen molar-refractivity contribution in [2.24, 2.45) is 17.3 Å². The third-order valence-electron chi connectivity index (χ3n) is 14.7. The molecule has 1 unspecified atom stereocenters. The number of pyridine rings is 1. The van der Waals surface area contributed by atoms with Crippen molar-refractivity contribution < 1.29 is 46.7 Å². The van der Waals surface area contributed by atoms with Gasteiger partial charge in [-0.1, -0.05) is 44.1 Å². The lowest BCUT2D eigenvalue weighted by Gasteiger charge is -2.37. The van der Waals surface area contributed by atoms with Crippen molar-refractivity contribution in [1.82, 2.24) is 38.8 Å². The van der Waals surface area contributed by atoms with E-state index in [1.165, 1.54) is 24.0 Å². The summed E-state index contributed by atoms with van der Waals surface area (Å²) < 4.78 is 57.5. The van der Waals surface area contributed by atoms with E-state index >= 15 is 0 Å². The number of sulfonamides is 1. The Labute approximate surface area is 438 Å². The van der Waals surface area contributed by atoms with Crippen LogP contribution >= 0.6 is 0 Å². The van der Waals surface area contributed by atoms with Gasteiger partial charge in [0, 0.05) is 86.4 Å². The highest BCUT2D eigenvalue weighted by molar-refractivity contribution is 7.94. The summed E-state index contributed by atoms with van der Waals surface area (Å²) in [7, 11) is 0.297. The number of rotatable bonds is 14. The maximum atomic E-state index is 14.8. The van der Waals surface area contributed by atoms with E-state index in [9.17, 15) is 37.3 Å². The highest BCUT2D eigenvalue weighted by atomic mass is 32.2. The number of methoxy groups -OCH3 is 1. The molecule has 5 heterocycles. The van der Waals surface area contributed by atoms with Crippen LogP contribution in [0.4, 0.5) is 0 Å². The number of likely N-dealkylation sites (N-methyl/N-ethyl adjacent to an activating group) is 2. The fraction of sp³-hybridized carbons (Fsp3) is 0.574. The molecular formula is C54H74N8O10S2. The second-order valence-electron chi connectivity index (χ2n) is 22.6. The van der Waals surface area contributed by atoms with Gasteiger partial charge in [-0.3, -0.25) is 29.2 Å². The van der Waals surface area contributed by atoms with Crippen LogP contribution in [0.25, 0.3) is 33.3 Å². The first-order chi connectivity index (χ1) is 34.9. The second-order valence-corrected chi connectivity index (χ2v) is 26.9. The molecule has 1 aliphatic carbocycles. The topological polar surface area (TPSA) is 219 Å². The van der Waals surface area contributed by atoms with E-state index in [1.807, 2.05) is 24.4 Å². The number of benzene rings is 2. The van der Waals surface area contributed by atoms with Crippen LogP contribution in [0.15, 0.2) is 54.9 Å². The summed E-state index contributed by atoms with van der Waals surface area (Å²) >= 11 is -1.58. The number of nitrogens with one attached hydrogen (secondary N) is 2. The fourth-order valence-electron chi connectivity index (χ4n) is 10.8. The first kappa shape index (κ1) is 55.2. The van der Waals surface area contributed by atoms with Crippen LogP contribution in [0, 0.1) is 17.3 Å². The summed E-state index contributed by atoms with van der Waals surface area (Å²) in [6.45, 7) is 15.8. The monoisotopic (exact) mass is 1060 g/mol. The van der Waals surface area contributed by atoms with E-state index in [0.717, 1.165) is 56.0 Å². The number of hydrogen-bond donors (Lipinski definition) is 3. The molecule has 1 saturated carbocycles. The number of fused-ring (bicyclic) bond motifs is 6. The second kappa shape index (κ2) is 21.5. The number of esters is 1. The Morgan fingerprint density at radius 2 is 1.81 bits per heavy atom. The quantitative estimate of drug-likeness (QED) is 0.0807. The molecule has 74 heavy (non-hydrogen) atoms. The van der Waals surface area contributed by atoms with Crippen molar-refractivity contribution in [2.75, 3.05) is 40.9 Å². The Kier molecular flexibility index (Phi) is 16.0. The molecule has 2 aromatic carbocycles. The summed E-state index contributed by atoms with van der Waals surface area (Å²) in [5.74, 6) is -2.80. The predicted molar refractivity (Wildman–Crippen MR) is 284 cm³/mol. The largest absolute Gasteiger partial charge is 0.597 e. The maximum absolute atomic E-state index is 14.8. The van der Waals surface area contributed by atoms with Crippen LogP contribution in [0.1, 0.15) is 97.8 Å². The zero-order valence-corrected chi connectivity index (χ0v) is 46.3. The Balaban J connectivity index is 1.12. The van der Waals surface area contributed by atoms with Crippen molar-refractivity contribution in [2.45, 2.75) is 141 Å². The number of phenolic OH excluding ortho intramolecular Hbond substituents is 1. The minimum atomic E-state index is -4.12. The van der Waals surface area contributed by atoms with Gasteiger partial charge in [0.1, 0.15) is 28.6 Å². The minimum absolute atomic E-state index is 0.0527. The van der Waals surface area contributed by atoms with Crippen LogP contribution in [-0.4, -0.2) is 145 Å². The number of hydrazine groups is 1. The molecule has 7 atom stereocenters. The van der Waals surface area contributed by atoms with Crippen molar-refractivity contribution in [1.29, 1.82) is 0 Å². The summed E-state index contributed by atoms with van der Waals surface area (Å²) in [6.07, 6.45) is 6.60. The van der Waals surface area contributed by atoms with Gasteiger partial charge >= 0.3 is 5.97 Å². The van der Waals surface area contributed by atoms with Crippen molar-refractivity contribution >= 4 is 56.0 Å². The molecular weight excluding hydrogens is 985 g/mol. The van der Waals surface area contributed by atoms with Gasteiger partial charge in [0.15, 0.2) is 5.37 Å². The van der Waals surface area contributed by atoms with Gasteiger partial charge in [-0.2, -0.15) is 4.31 Å². The molecule has 3 fully saturated rings. The SMILES string of the molecule is CCn1c(-c2cnccc2COC)c2c3cc(ccc31)-c1cc(O)cc(c1)C[C@H](NC(=O)[C@H](C(C)C)N(C)C(=O)CN(C)S(=O)(=O)[C@@H]1[C@H](C3CC3)N1[S@@+]([O-])C(C)(C)C)C(=O)N1CCC[C@H](N1)C(=O)OCC(C)(C)C2. The Morgan fingerprint density at radius 3 is 2.47 bits per heavy atom. The molecule has 0 radical (unpaired) electrons. The average molecular weight is 1060 g/mol. The molecule has 20 heteroatoms. The zero-order chi connectivity index (χ0) is 53.8. The zero-order valence-electron chi connectivity index (χ0n) is 44.6. The molecule has 402 valence electrons.